The number of carboxylic acid groups (broad SMARTS) is 1. The van der Waals surface area contributed by atoms with Crippen LogP contribution in [0.5, 0.6) is 0 Å². The quantitative estimate of drug-likeness (QED) is 0.0587. The number of aliphatic hydroxyl groups is 1. The van der Waals surface area contributed by atoms with Crippen LogP contribution in [0.15, 0.2) is 22.2 Å². The van der Waals surface area contributed by atoms with E-state index in [-0.39, 0.29) is 56.9 Å². The van der Waals surface area contributed by atoms with E-state index in [1.807, 2.05) is 0 Å². The van der Waals surface area contributed by atoms with Crippen molar-refractivity contribution in [3.05, 3.63) is 33.2 Å². The fourth-order valence-electron chi connectivity index (χ4n) is 3.93. The van der Waals surface area contributed by atoms with Gasteiger partial charge in [-0.3, -0.25) is 19.0 Å². The molecule has 4 unspecified atom stereocenters. The third-order valence-electron chi connectivity index (χ3n) is 6.00. The lowest BCUT2D eigenvalue weighted by Crippen LogP contribution is -2.29. The number of aromatic nitrogens is 2. The first-order valence-corrected chi connectivity index (χ1v) is 17.5. The van der Waals surface area contributed by atoms with E-state index in [2.05, 4.69) is 34.6 Å². The van der Waals surface area contributed by atoms with Crippen molar-refractivity contribution in [2.75, 3.05) is 18.5 Å². The Morgan fingerprint density at radius 3 is 2.70 bits per heavy atom. The number of azide groups is 1. The molecular weight excluding hydrogens is 583 g/mol. The summed E-state index contributed by atoms with van der Waals surface area (Å²) >= 11 is 0. The molecule has 40 heavy (non-hydrogen) atoms. The molecule has 18 heteroatoms. The number of nitrogens with zero attached hydrogens (tertiary/aromatic N) is 5. The molecule has 0 saturated carbocycles. The van der Waals surface area contributed by atoms with Crippen molar-refractivity contribution < 1.29 is 33.9 Å². The Morgan fingerprint density at radius 1 is 1.27 bits per heavy atom. The number of aliphatic carboxylic acids is 1. The molecule has 2 heterocycles. The lowest BCUT2D eigenvalue weighted by Gasteiger charge is -2.16. The van der Waals surface area contributed by atoms with Crippen LogP contribution in [0.2, 0.25) is 0 Å². The molecular formula is C22H36N7O8P3. The number of carboxylic acids is 1. The van der Waals surface area contributed by atoms with E-state index in [1.54, 1.807) is 0 Å². The number of ether oxygens (including phenoxy) is 1. The molecule has 1 aromatic heterocycles. The van der Waals surface area contributed by atoms with Crippen LogP contribution < -0.4 is 16.3 Å². The number of carbonyl (C=O) groups is 3. The SMILES string of the molecule is [N-]=[N+]=NC(CCC(=O)NCCCCCC(=O)O)CCC(=O)Nc1ccn([C@H]2C[C@@H](O)[C@@H](COPPP)O2)c(=O)n1. The van der Waals surface area contributed by atoms with Gasteiger partial charge >= 0.3 is 11.7 Å². The summed E-state index contributed by atoms with van der Waals surface area (Å²) in [4.78, 5) is 54.1. The molecule has 1 fully saturated rings. The minimum atomic E-state index is -0.844. The summed E-state index contributed by atoms with van der Waals surface area (Å²) < 4.78 is 12.5. The topological polar surface area (TPSA) is 218 Å². The van der Waals surface area contributed by atoms with Crippen LogP contribution in [0.1, 0.15) is 64.0 Å². The molecule has 4 N–H and O–H groups in total. The Morgan fingerprint density at radius 2 is 2.02 bits per heavy atom. The number of hydrogen-bond acceptors (Lipinski definition) is 9. The highest BCUT2D eigenvalue weighted by Gasteiger charge is 2.35. The van der Waals surface area contributed by atoms with E-state index in [0.717, 1.165) is 0 Å². The average Bonchev–Trinajstić information content (AvgIpc) is 3.27. The summed E-state index contributed by atoms with van der Waals surface area (Å²) in [6, 6.07) is 0.880. The summed E-state index contributed by atoms with van der Waals surface area (Å²) in [6.45, 7) is 0.658. The molecule has 2 rings (SSSR count). The highest BCUT2D eigenvalue weighted by molar-refractivity contribution is 8.37. The molecule has 1 aliphatic heterocycles. The molecule has 0 bridgehead atoms. The van der Waals surface area contributed by atoms with Crippen molar-refractivity contribution in [1.29, 1.82) is 0 Å². The van der Waals surface area contributed by atoms with E-state index in [0.29, 0.717) is 42.3 Å². The predicted octanol–water partition coefficient (Wildman–Crippen LogP) is 2.82. The number of unbranched alkanes of at least 4 members (excludes halogenated alkanes) is 2. The monoisotopic (exact) mass is 619 g/mol. The van der Waals surface area contributed by atoms with Gasteiger partial charge < -0.3 is 30.1 Å². The molecule has 222 valence electrons. The molecule has 7 atom stereocenters. The van der Waals surface area contributed by atoms with Crippen LogP contribution in [0.25, 0.3) is 10.4 Å². The van der Waals surface area contributed by atoms with E-state index in [4.69, 9.17) is 19.9 Å². The predicted molar refractivity (Wildman–Crippen MR) is 154 cm³/mol. The van der Waals surface area contributed by atoms with Gasteiger partial charge in [-0.2, -0.15) is 4.98 Å². The van der Waals surface area contributed by atoms with Gasteiger partial charge in [0.2, 0.25) is 11.8 Å². The minimum absolute atomic E-state index is 0.0171. The van der Waals surface area contributed by atoms with Crippen LogP contribution in [0.4, 0.5) is 5.82 Å². The van der Waals surface area contributed by atoms with Crippen LogP contribution >= 0.6 is 25.4 Å². The van der Waals surface area contributed by atoms with Crippen LogP contribution in [-0.2, 0) is 23.6 Å². The van der Waals surface area contributed by atoms with Gasteiger partial charge in [-0.05, 0) is 37.3 Å². The average molecular weight is 619 g/mol. The van der Waals surface area contributed by atoms with E-state index in [9.17, 15) is 24.3 Å². The zero-order chi connectivity index (χ0) is 29.3. The Hall–Kier alpha value is -2.23. The highest BCUT2D eigenvalue weighted by atomic mass is 32.4. The van der Waals surface area contributed by atoms with E-state index < -0.39 is 42.0 Å². The Labute approximate surface area is 236 Å². The largest absolute Gasteiger partial charge is 0.481 e. The zero-order valence-corrected chi connectivity index (χ0v) is 25.1. The molecule has 2 amide bonds. The van der Waals surface area contributed by atoms with Crippen molar-refractivity contribution in [2.24, 2.45) is 5.11 Å². The van der Waals surface area contributed by atoms with Gasteiger partial charge in [0, 0.05) is 57.9 Å². The number of amides is 2. The zero-order valence-electron chi connectivity index (χ0n) is 21.9. The second kappa shape index (κ2) is 19.0. The van der Waals surface area contributed by atoms with Gasteiger partial charge in [0.05, 0.1) is 12.7 Å². The fraction of sp³-hybridized carbons (Fsp3) is 0.682. The van der Waals surface area contributed by atoms with Crippen molar-refractivity contribution in [3.63, 3.8) is 0 Å². The molecule has 15 nitrogen and oxygen atoms in total. The van der Waals surface area contributed by atoms with Crippen molar-refractivity contribution in [3.8, 4) is 0 Å². The smallest absolute Gasteiger partial charge is 0.351 e. The van der Waals surface area contributed by atoms with Gasteiger partial charge in [0.1, 0.15) is 18.1 Å². The maximum atomic E-state index is 12.5. The lowest BCUT2D eigenvalue weighted by molar-refractivity contribution is -0.137. The molecule has 0 aliphatic carbocycles. The summed E-state index contributed by atoms with van der Waals surface area (Å²) in [5.41, 5.74) is 8.19. The maximum absolute atomic E-state index is 12.5. The summed E-state index contributed by atoms with van der Waals surface area (Å²) in [5.74, 6) is -1.45. The maximum Gasteiger partial charge on any atom is 0.351 e. The number of rotatable bonds is 19. The molecule has 0 radical (unpaired) electrons. The van der Waals surface area contributed by atoms with Gasteiger partial charge in [0.15, 0.2) is 0 Å². The van der Waals surface area contributed by atoms with Gasteiger partial charge in [0.25, 0.3) is 0 Å². The second-order valence-electron chi connectivity index (χ2n) is 9.03. The molecule has 1 aliphatic rings. The third kappa shape index (κ3) is 13.0. The molecule has 1 aromatic rings. The molecule has 0 aromatic carbocycles. The number of anilines is 1. The Bertz CT molecular complexity index is 1090. The first-order chi connectivity index (χ1) is 19.2. The summed E-state index contributed by atoms with van der Waals surface area (Å²) in [5, 5.41) is 27.8. The first-order valence-electron chi connectivity index (χ1n) is 12.8. The second-order valence-corrected chi connectivity index (χ2v) is 13.9. The van der Waals surface area contributed by atoms with Crippen molar-refractivity contribution >= 4 is 49.0 Å². The van der Waals surface area contributed by atoms with Crippen LogP contribution in [0.3, 0.4) is 0 Å². The number of aliphatic hydroxyl groups excluding tert-OH is 1. The molecule has 1 saturated heterocycles. The van der Waals surface area contributed by atoms with Crippen molar-refractivity contribution in [1.82, 2.24) is 14.9 Å². The van der Waals surface area contributed by atoms with E-state index in [1.165, 1.54) is 16.8 Å². The van der Waals surface area contributed by atoms with E-state index >= 15 is 0 Å². The fourth-order valence-corrected chi connectivity index (χ4v) is 5.51. The van der Waals surface area contributed by atoms with Gasteiger partial charge in [-0.1, -0.05) is 19.5 Å². The van der Waals surface area contributed by atoms with Crippen LogP contribution in [-0.4, -0.2) is 68.9 Å². The first kappa shape index (κ1) is 34.0. The van der Waals surface area contributed by atoms with Crippen LogP contribution in [0, 0.1) is 0 Å². The number of nitrogens with one attached hydrogen (secondary N) is 2. The molecule has 0 spiro atoms. The van der Waals surface area contributed by atoms with Crippen molar-refractivity contribution in [2.45, 2.75) is 82.3 Å². The van der Waals surface area contributed by atoms with Gasteiger partial charge in [-0.25, -0.2) is 4.79 Å². The highest BCUT2D eigenvalue weighted by Crippen LogP contribution is 2.44. The minimum Gasteiger partial charge on any atom is -0.481 e. The standard InChI is InChI=1S/C22H36N7O8P3/c23-28-27-14(5-7-18(31)24-10-3-1-2-4-21(33)34)6-8-19(32)25-17-9-11-29(22(35)26-17)20-12-15(30)16(37-20)13-36-39-40-38/h9,11,14-16,20,30,39-40H,1-8,10,12-13,38H2,(H,24,31)(H,33,34)(H,25,26,32,35)/t14?,15-,16-,20-/m1/s1. The Kier molecular flexibility index (Phi) is 16.1. The Balaban J connectivity index is 1.75. The number of carbonyl (C=O) groups excluding carboxylic acids is 2. The normalized spacial score (nSPS) is 19.6. The third-order valence-corrected chi connectivity index (χ3v) is 8.28. The number of hydrogen-bond donors (Lipinski definition) is 4. The lowest BCUT2D eigenvalue weighted by atomic mass is 10.1. The van der Waals surface area contributed by atoms with Gasteiger partial charge in [-0.15, -0.1) is 8.93 Å². The summed E-state index contributed by atoms with van der Waals surface area (Å²) in [7, 11) is 3.45. The summed E-state index contributed by atoms with van der Waals surface area (Å²) in [6.07, 6.45) is 2.19.